The number of nitrogens with one attached hydrogen (secondary N) is 1. The molecule has 1 N–H and O–H groups in total. The van der Waals surface area contributed by atoms with E-state index in [0.29, 0.717) is 12.1 Å². The average Bonchev–Trinajstić information content (AvgIpc) is 3.23. The molecule has 0 spiro atoms. The number of hydrogen-bond donors (Lipinski definition) is 1. The molecule has 0 aliphatic carbocycles. The monoisotopic (exact) mass is 483 g/mol. The van der Waals surface area contributed by atoms with Crippen LogP contribution in [0.2, 0.25) is 0 Å². The molecule has 1 fully saturated rings. The topological polar surface area (TPSA) is 80.6 Å². The molecule has 36 heavy (non-hydrogen) atoms. The fraction of sp³-hybridized carbons (Fsp3) is 0.107. The van der Waals surface area contributed by atoms with Crippen LogP contribution in [-0.4, -0.2) is 33.9 Å². The number of hydrogen-bond acceptors (Lipinski definition) is 4. The molecule has 0 atom stereocenters. The highest BCUT2D eigenvalue weighted by Crippen LogP contribution is 2.26. The van der Waals surface area contributed by atoms with Crippen molar-refractivity contribution >= 4 is 34.8 Å². The number of amides is 4. The van der Waals surface area contributed by atoms with Crippen molar-refractivity contribution in [3.05, 3.63) is 108 Å². The van der Waals surface area contributed by atoms with E-state index in [1.54, 1.807) is 36.5 Å². The first-order chi connectivity index (χ1) is 17.5. The average molecular weight is 483 g/mol. The van der Waals surface area contributed by atoms with Gasteiger partial charge in [-0.1, -0.05) is 60.7 Å². The van der Waals surface area contributed by atoms with Crippen molar-refractivity contribution in [2.75, 3.05) is 6.61 Å². The molecule has 1 aliphatic rings. The number of carbonyl (C=O) groups is 3. The van der Waals surface area contributed by atoms with Gasteiger partial charge in [0.1, 0.15) is 12.2 Å². The van der Waals surface area contributed by atoms with E-state index in [1.807, 2.05) is 47.0 Å². The first-order valence-electron chi connectivity index (χ1n) is 11.4. The molecule has 1 saturated heterocycles. The van der Waals surface area contributed by atoms with Crippen LogP contribution in [0.5, 0.6) is 5.75 Å². The lowest BCUT2D eigenvalue weighted by molar-refractivity contribution is -0.130. The third kappa shape index (κ3) is 4.61. The Labute approximate surface area is 206 Å². The minimum atomic E-state index is -0.751. The number of benzene rings is 3. The summed E-state index contributed by atoms with van der Waals surface area (Å²) in [5, 5.41) is 3.08. The number of ether oxygens (including phenoxy) is 1. The predicted octanol–water partition coefficient (Wildman–Crippen LogP) is 4.52. The van der Waals surface area contributed by atoms with Crippen molar-refractivity contribution in [3.63, 3.8) is 0 Å². The van der Waals surface area contributed by atoms with Crippen molar-refractivity contribution in [2.24, 2.45) is 0 Å². The minimum absolute atomic E-state index is 0.0469. The Morgan fingerprint density at radius 3 is 2.42 bits per heavy atom. The fourth-order valence-electron chi connectivity index (χ4n) is 4.15. The third-order valence-electron chi connectivity index (χ3n) is 5.91. The highest BCUT2D eigenvalue weighted by molar-refractivity contribution is 6.31. The summed E-state index contributed by atoms with van der Waals surface area (Å²) in [7, 11) is 0. The summed E-state index contributed by atoms with van der Waals surface area (Å²) in [6.07, 6.45) is 3.31. The molecule has 1 aliphatic heterocycles. The molecule has 5 rings (SSSR count). The van der Waals surface area contributed by atoms with E-state index in [2.05, 4.69) is 5.32 Å². The molecule has 3 aromatic carbocycles. The summed E-state index contributed by atoms with van der Waals surface area (Å²) in [4.78, 5) is 39.2. The van der Waals surface area contributed by atoms with Crippen LogP contribution >= 0.6 is 0 Å². The predicted molar refractivity (Wildman–Crippen MR) is 132 cm³/mol. The molecule has 180 valence electrons. The van der Waals surface area contributed by atoms with Crippen LogP contribution in [0.4, 0.5) is 9.18 Å². The van der Waals surface area contributed by atoms with Gasteiger partial charge in [0.15, 0.2) is 11.6 Å². The normalized spacial score (nSPS) is 15.0. The van der Waals surface area contributed by atoms with Gasteiger partial charge in [0.2, 0.25) is 0 Å². The van der Waals surface area contributed by atoms with E-state index in [1.165, 1.54) is 12.1 Å². The van der Waals surface area contributed by atoms with E-state index in [4.69, 9.17) is 4.74 Å². The molecule has 2 heterocycles. The Morgan fingerprint density at radius 1 is 0.889 bits per heavy atom. The molecule has 4 amide bonds. The van der Waals surface area contributed by atoms with Crippen LogP contribution in [0.25, 0.3) is 17.0 Å². The van der Waals surface area contributed by atoms with Crippen molar-refractivity contribution < 1.29 is 23.5 Å². The van der Waals surface area contributed by atoms with Gasteiger partial charge in [0, 0.05) is 22.7 Å². The molecule has 0 saturated carbocycles. The summed E-state index contributed by atoms with van der Waals surface area (Å²) in [6, 6.07) is 22.1. The number of imide groups is 2. The molecule has 0 radical (unpaired) electrons. The summed E-state index contributed by atoms with van der Waals surface area (Å²) in [5.74, 6) is -1.66. The molecule has 0 unspecified atom stereocenters. The van der Waals surface area contributed by atoms with Crippen molar-refractivity contribution in [1.82, 2.24) is 14.8 Å². The zero-order chi connectivity index (χ0) is 25.1. The van der Waals surface area contributed by atoms with E-state index in [-0.39, 0.29) is 24.5 Å². The summed E-state index contributed by atoms with van der Waals surface area (Å²) in [5.41, 5.74) is 2.14. The Bertz CT molecular complexity index is 1490. The van der Waals surface area contributed by atoms with Crippen molar-refractivity contribution in [2.45, 2.75) is 13.1 Å². The maximum Gasteiger partial charge on any atom is 0.331 e. The lowest BCUT2D eigenvalue weighted by atomic mass is 10.1. The van der Waals surface area contributed by atoms with Crippen LogP contribution in [0, 0.1) is 5.82 Å². The number of fused-ring (bicyclic) bond motifs is 1. The zero-order valence-electron chi connectivity index (χ0n) is 19.2. The molecule has 7 nitrogen and oxygen atoms in total. The second-order valence-corrected chi connectivity index (χ2v) is 8.27. The van der Waals surface area contributed by atoms with Gasteiger partial charge in [-0.25, -0.2) is 9.18 Å². The van der Waals surface area contributed by atoms with Gasteiger partial charge < -0.3 is 9.30 Å². The van der Waals surface area contributed by atoms with Gasteiger partial charge in [-0.3, -0.25) is 19.8 Å². The standard InChI is InChI=1S/C28H22FN3O4/c29-23-11-5-7-13-25(23)36-15-14-31-18-20(21-10-4-6-12-24(21)31)16-22-26(33)30-28(35)32(27(22)34)17-19-8-2-1-3-9-19/h1-13,16,18H,14-15,17H2,(H,30,33,35)/b22-16+. The minimum Gasteiger partial charge on any atom is -0.489 e. The van der Waals surface area contributed by atoms with Gasteiger partial charge in [0.25, 0.3) is 11.8 Å². The van der Waals surface area contributed by atoms with Crippen LogP contribution in [0.15, 0.2) is 90.6 Å². The number of nitrogens with zero attached hydrogens (tertiary/aromatic N) is 2. The lowest BCUT2D eigenvalue weighted by Crippen LogP contribution is -2.53. The smallest absolute Gasteiger partial charge is 0.331 e. The number of barbiturate groups is 1. The van der Waals surface area contributed by atoms with Gasteiger partial charge in [-0.05, 0) is 29.8 Å². The zero-order valence-corrected chi connectivity index (χ0v) is 19.2. The van der Waals surface area contributed by atoms with Gasteiger partial charge in [-0.2, -0.15) is 0 Å². The quantitative estimate of drug-likeness (QED) is 0.310. The lowest BCUT2D eigenvalue weighted by Gasteiger charge is -2.26. The van der Waals surface area contributed by atoms with E-state index in [0.717, 1.165) is 21.4 Å². The van der Waals surface area contributed by atoms with E-state index in [9.17, 15) is 18.8 Å². The number of para-hydroxylation sites is 2. The van der Waals surface area contributed by atoms with Crippen molar-refractivity contribution in [3.8, 4) is 5.75 Å². The molecule has 1 aromatic heterocycles. The maximum absolute atomic E-state index is 13.9. The first kappa shape index (κ1) is 23.0. The van der Waals surface area contributed by atoms with Crippen LogP contribution in [0.1, 0.15) is 11.1 Å². The second-order valence-electron chi connectivity index (χ2n) is 8.27. The Morgan fingerprint density at radius 2 is 1.61 bits per heavy atom. The first-order valence-corrected chi connectivity index (χ1v) is 11.4. The largest absolute Gasteiger partial charge is 0.489 e. The van der Waals surface area contributed by atoms with Crippen molar-refractivity contribution in [1.29, 1.82) is 0 Å². The summed E-state index contributed by atoms with van der Waals surface area (Å²) < 4.78 is 21.4. The number of urea groups is 1. The Hall–Kier alpha value is -4.72. The maximum atomic E-state index is 13.9. The fourth-order valence-corrected chi connectivity index (χ4v) is 4.15. The second kappa shape index (κ2) is 9.87. The Kier molecular flexibility index (Phi) is 6.32. The molecular weight excluding hydrogens is 461 g/mol. The molecule has 4 aromatic rings. The molecule has 8 heteroatoms. The SMILES string of the molecule is O=C1NC(=O)N(Cc2ccccc2)C(=O)/C1=C/c1cn(CCOc2ccccc2F)c2ccccc12. The Balaban J connectivity index is 1.42. The van der Waals surface area contributed by atoms with E-state index >= 15 is 0 Å². The van der Waals surface area contributed by atoms with Crippen LogP contribution in [-0.2, 0) is 22.7 Å². The molecular formula is C28H22FN3O4. The van der Waals surface area contributed by atoms with Crippen LogP contribution < -0.4 is 10.1 Å². The van der Waals surface area contributed by atoms with Gasteiger partial charge in [-0.15, -0.1) is 0 Å². The van der Waals surface area contributed by atoms with Gasteiger partial charge >= 0.3 is 6.03 Å². The number of aromatic nitrogens is 1. The number of carbonyl (C=O) groups excluding carboxylic acids is 3. The summed E-state index contributed by atoms with van der Waals surface area (Å²) >= 11 is 0. The van der Waals surface area contributed by atoms with Crippen LogP contribution in [0.3, 0.4) is 0 Å². The number of rotatable bonds is 7. The van der Waals surface area contributed by atoms with E-state index < -0.39 is 23.7 Å². The number of halogens is 1. The highest BCUT2D eigenvalue weighted by Gasteiger charge is 2.35. The molecule has 0 bridgehead atoms. The third-order valence-corrected chi connectivity index (χ3v) is 5.91. The van der Waals surface area contributed by atoms with Gasteiger partial charge in [0.05, 0.1) is 13.1 Å². The highest BCUT2D eigenvalue weighted by atomic mass is 19.1. The summed E-state index contributed by atoms with van der Waals surface area (Å²) in [6.45, 7) is 0.677.